The van der Waals surface area contributed by atoms with Crippen molar-refractivity contribution in [2.75, 3.05) is 0 Å². The molecule has 3 aromatic rings. The number of phenols is 2. The number of ketones is 1. The first-order chi connectivity index (χ1) is 13.9. The average Bonchev–Trinajstić information content (AvgIpc) is 2.72. The first-order valence-corrected chi connectivity index (χ1v) is 10.1. The van der Waals surface area contributed by atoms with Gasteiger partial charge in [-0.25, -0.2) is 8.42 Å². The molecule has 1 aliphatic heterocycles. The summed E-state index contributed by atoms with van der Waals surface area (Å²) < 4.78 is 27.6. The third kappa shape index (κ3) is 3.34. The number of rotatable bonds is 3. The number of pyridine rings is 1. The fourth-order valence-corrected chi connectivity index (χ4v) is 4.77. The molecule has 29 heavy (non-hydrogen) atoms. The topological polar surface area (TPSA) is 108 Å². The quantitative estimate of drug-likeness (QED) is 0.510. The number of aromatic hydroxyl groups is 2. The Morgan fingerprint density at radius 2 is 1.79 bits per heavy atom. The minimum atomic E-state index is -4.00. The smallest absolute Gasteiger partial charge is 0.265 e. The van der Waals surface area contributed by atoms with Gasteiger partial charge in [-0.2, -0.15) is 0 Å². The highest BCUT2D eigenvalue weighted by molar-refractivity contribution is 7.89. The van der Waals surface area contributed by atoms with Crippen LogP contribution in [0.4, 0.5) is 0 Å². The summed E-state index contributed by atoms with van der Waals surface area (Å²) in [4.78, 5) is 17.1. The van der Waals surface area contributed by atoms with Crippen molar-refractivity contribution < 1.29 is 23.4 Å². The van der Waals surface area contributed by atoms with Crippen molar-refractivity contribution >= 4 is 21.9 Å². The van der Waals surface area contributed by atoms with Crippen LogP contribution < -0.4 is 0 Å². The molecule has 0 spiro atoms. The average molecular weight is 408 g/mol. The number of Topliss-reactive ketones (excluding diaryl/α,β-unsaturated/α-hetero) is 1. The highest BCUT2D eigenvalue weighted by Gasteiger charge is 2.39. The molecule has 0 radical (unpaired) electrons. The van der Waals surface area contributed by atoms with Crippen LogP contribution in [0.3, 0.4) is 0 Å². The summed E-state index contributed by atoms with van der Waals surface area (Å²) in [7, 11) is -4.00. The maximum atomic E-state index is 13.3. The molecular weight excluding hydrogens is 392 g/mol. The Morgan fingerprint density at radius 3 is 2.52 bits per heavy atom. The number of phenolic OH excluding ortho intramolecular Hbond substituents is 2. The van der Waals surface area contributed by atoms with E-state index in [4.69, 9.17) is 0 Å². The summed E-state index contributed by atoms with van der Waals surface area (Å²) in [5.41, 5.74) is 1.01. The lowest BCUT2D eigenvalue weighted by molar-refractivity contribution is 0.100. The van der Waals surface area contributed by atoms with Crippen LogP contribution in [-0.2, 0) is 16.6 Å². The van der Waals surface area contributed by atoms with Crippen LogP contribution in [0.15, 0.2) is 77.6 Å². The maximum absolute atomic E-state index is 13.3. The number of sulfonamides is 1. The predicted octanol–water partition coefficient (Wildman–Crippen LogP) is 2.92. The van der Waals surface area contributed by atoms with Crippen molar-refractivity contribution in [2.24, 2.45) is 0 Å². The van der Waals surface area contributed by atoms with Gasteiger partial charge in [0.1, 0.15) is 5.70 Å². The minimum Gasteiger partial charge on any atom is -0.504 e. The molecular formula is C21H16N2O5S. The van der Waals surface area contributed by atoms with Crippen LogP contribution in [0.1, 0.15) is 21.5 Å². The molecule has 7 nitrogen and oxygen atoms in total. The summed E-state index contributed by atoms with van der Waals surface area (Å²) in [6, 6.07) is 13.5. The Balaban J connectivity index is 1.91. The maximum Gasteiger partial charge on any atom is 0.265 e. The van der Waals surface area contributed by atoms with Crippen LogP contribution in [0.2, 0.25) is 0 Å². The van der Waals surface area contributed by atoms with E-state index in [1.807, 2.05) is 0 Å². The van der Waals surface area contributed by atoms with Gasteiger partial charge >= 0.3 is 0 Å². The lowest BCUT2D eigenvalue weighted by atomic mass is 10.0. The van der Waals surface area contributed by atoms with E-state index in [9.17, 15) is 23.4 Å². The highest BCUT2D eigenvalue weighted by Crippen LogP contribution is 2.35. The van der Waals surface area contributed by atoms with E-state index >= 15 is 0 Å². The fourth-order valence-electron chi connectivity index (χ4n) is 3.13. The van der Waals surface area contributed by atoms with Gasteiger partial charge in [0.25, 0.3) is 10.0 Å². The SMILES string of the molecule is O=C1C(=Cc2ccc(O)c(O)c2)N(Cc2cccnc2)S(=O)(=O)c2ccccc21. The normalized spacial score (nSPS) is 16.6. The fraction of sp³-hybridized carbons (Fsp3) is 0.0476. The van der Waals surface area contributed by atoms with Crippen LogP contribution in [0.25, 0.3) is 6.08 Å². The monoisotopic (exact) mass is 408 g/mol. The van der Waals surface area contributed by atoms with Gasteiger partial charge in [-0.1, -0.05) is 24.3 Å². The Labute approximate surface area is 167 Å². The lowest BCUT2D eigenvalue weighted by Gasteiger charge is -2.31. The van der Waals surface area contributed by atoms with Gasteiger partial charge < -0.3 is 10.2 Å². The van der Waals surface area contributed by atoms with Crippen molar-refractivity contribution in [3.8, 4) is 11.5 Å². The molecule has 0 fully saturated rings. The summed E-state index contributed by atoms with van der Waals surface area (Å²) >= 11 is 0. The zero-order valence-electron chi connectivity index (χ0n) is 15.1. The summed E-state index contributed by atoms with van der Waals surface area (Å²) in [6.45, 7) is -0.0772. The van der Waals surface area contributed by atoms with Crippen molar-refractivity contribution in [3.63, 3.8) is 0 Å². The molecule has 1 aromatic heterocycles. The van der Waals surface area contributed by atoms with Gasteiger partial charge in [0.2, 0.25) is 5.78 Å². The highest BCUT2D eigenvalue weighted by atomic mass is 32.2. The molecule has 0 saturated carbocycles. The number of carbonyl (C=O) groups is 1. The number of aromatic nitrogens is 1. The summed E-state index contributed by atoms with van der Waals surface area (Å²) in [5, 5.41) is 19.3. The summed E-state index contributed by atoms with van der Waals surface area (Å²) in [5.74, 6) is -1.14. The molecule has 0 atom stereocenters. The van der Waals surface area contributed by atoms with Gasteiger partial charge in [-0.05, 0) is 47.5 Å². The first kappa shape index (κ1) is 18.7. The Hall–Kier alpha value is -3.65. The molecule has 4 rings (SSSR count). The number of allylic oxidation sites excluding steroid dienone is 1. The molecule has 2 aromatic carbocycles. The number of hydrogen-bond donors (Lipinski definition) is 2. The van der Waals surface area contributed by atoms with E-state index in [0.29, 0.717) is 11.1 Å². The van der Waals surface area contributed by atoms with Gasteiger partial charge in [-0.3, -0.25) is 14.1 Å². The second-order valence-corrected chi connectivity index (χ2v) is 8.31. The number of hydrogen-bond acceptors (Lipinski definition) is 6. The molecule has 1 aliphatic rings. The molecule has 146 valence electrons. The first-order valence-electron chi connectivity index (χ1n) is 8.67. The van der Waals surface area contributed by atoms with E-state index in [-0.39, 0.29) is 34.2 Å². The van der Waals surface area contributed by atoms with Crippen molar-refractivity contribution in [3.05, 3.63) is 89.4 Å². The van der Waals surface area contributed by atoms with Crippen LogP contribution in [0.5, 0.6) is 11.5 Å². The van der Waals surface area contributed by atoms with Gasteiger partial charge in [-0.15, -0.1) is 0 Å². The van der Waals surface area contributed by atoms with Crippen molar-refractivity contribution in [1.82, 2.24) is 9.29 Å². The number of carbonyl (C=O) groups excluding carboxylic acids is 1. The Bertz CT molecular complexity index is 1240. The zero-order chi connectivity index (χ0) is 20.6. The van der Waals surface area contributed by atoms with Crippen LogP contribution in [-0.4, -0.2) is 33.7 Å². The van der Waals surface area contributed by atoms with E-state index in [0.717, 1.165) is 4.31 Å². The minimum absolute atomic E-state index is 0.0559. The molecule has 0 saturated heterocycles. The largest absolute Gasteiger partial charge is 0.504 e. The number of benzene rings is 2. The second kappa shape index (κ2) is 7.06. The third-order valence-corrected chi connectivity index (χ3v) is 6.37. The van der Waals surface area contributed by atoms with E-state index in [2.05, 4.69) is 4.98 Å². The van der Waals surface area contributed by atoms with E-state index < -0.39 is 15.8 Å². The predicted molar refractivity (Wildman–Crippen MR) is 105 cm³/mol. The molecule has 0 bridgehead atoms. The van der Waals surface area contributed by atoms with Crippen LogP contribution in [0, 0.1) is 0 Å². The van der Waals surface area contributed by atoms with Crippen LogP contribution >= 0.6 is 0 Å². The standard InChI is InChI=1S/C21H16N2O5S/c24-18-8-7-14(11-19(18)25)10-17-21(26)16-5-1-2-6-20(16)29(27,28)23(17)13-15-4-3-9-22-12-15/h1-12,24-25H,13H2. The number of fused-ring (bicyclic) bond motifs is 1. The van der Waals surface area contributed by atoms with E-state index in [1.165, 1.54) is 42.6 Å². The molecule has 0 amide bonds. The molecule has 2 heterocycles. The molecule has 0 aliphatic carbocycles. The molecule has 0 unspecified atom stereocenters. The van der Waals surface area contributed by atoms with Crippen molar-refractivity contribution in [2.45, 2.75) is 11.4 Å². The number of nitrogens with zero attached hydrogens (tertiary/aromatic N) is 2. The summed E-state index contributed by atoms with van der Waals surface area (Å²) in [6.07, 6.45) is 4.49. The second-order valence-electron chi connectivity index (χ2n) is 6.48. The third-order valence-electron chi connectivity index (χ3n) is 4.55. The van der Waals surface area contributed by atoms with Gasteiger partial charge in [0, 0.05) is 18.0 Å². The zero-order valence-corrected chi connectivity index (χ0v) is 15.9. The Kier molecular flexibility index (Phi) is 4.56. The molecule has 8 heteroatoms. The molecule has 2 N–H and O–H groups in total. The van der Waals surface area contributed by atoms with E-state index in [1.54, 1.807) is 30.5 Å². The van der Waals surface area contributed by atoms with Gasteiger partial charge in [0.05, 0.1) is 11.4 Å². The lowest BCUT2D eigenvalue weighted by Crippen LogP contribution is -2.38. The Morgan fingerprint density at radius 1 is 1.00 bits per heavy atom. The van der Waals surface area contributed by atoms with Gasteiger partial charge in [0.15, 0.2) is 11.5 Å². The van der Waals surface area contributed by atoms with Crippen molar-refractivity contribution in [1.29, 1.82) is 0 Å².